The number of rotatable bonds is 6. The van der Waals surface area contributed by atoms with E-state index in [1.807, 2.05) is 6.92 Å². The number of methoxy groups -OCH3 is 1. The topological polar surface area (TPSA) is 92.3 Å². The first-order valence-corrected chi connectivity index (χ1v) is 9.41. The highest BCUT2D eigenvalue weighted by Crippen LogP contribution is 2.38. The number of anilines is 2. The molecule has 31 heavy (non-hydrogen) atoms. The summed E-state index contributed by atoms with van der Waals surface area (Å²) in [7, 11) is 1.53. The van der Waals surface area contributed by atoms with Crippen molar-refractivity contribution in [2.45, 2.75) is 13.0 Å². The van der Waals surface area contributed by atoms with Gasteiger partial charge in [-0.1, -0.05) is 11.6 Å². The van der Waals surface area contributed by atoms with Gasteiger partial charge < -0.3 is 24.9 Å². The predicted molar refractivity (Wildman–Crippen MR) is 120 cm³/mol. The zero-order valence-corrected chi connectivity index (χ0v) is 18.1. The number of benzene rings is 2. The van der Waals surface area contributed by atoms with Crippen molar-refractivity contribution in [3.05, 3.63) is 65.6 Å². The summed E-state index contributed by atoms with van der Waals surface area (Å²) in [5, 5.41) is 13.4. The number of phenols is 1. The summed E-state index contributed by atoms with van der Waals surface area (Å²) in [6.45, 7) is 1.86. The molecular formula is C21H19Cl2FN4O3. The molecule has 0 aliphatic carbocycles. The second-order valence-corrected chi connectivity index (χ2v) is 6.93. The van der Waals surface area contributed by atoms with Gasteiger partial charge in [-0.25, -0.2) is 9.37 Å². The van der Waals surface area contributed by atoms with Crippen LogP contribution in [0, 0.1) is 5.82 Å². The molecule has 1 atom stereocenters. The van der Waals surface area contributed by atoms with Crippen molar-refractivity contribution in [2.75, 3.05) is 12.4 Å². The zero-order chi connectivity index (χ0) is 21.3. The number of phenolic OH excluding ortho intramolecular Hbond substituents is 1. The first-order valence-electron chi connectivity index (χ1n) is 9.04. The highest BCUT2D eigenvalue weighted by atomic mass is 35.5. The first-order chi connectivity index (χ1) is 14.5. The van der Waals surface area contributed by atoms with Crippen molar-refractivity contribution < 1.29 is 19.0 Å². The van der Waals surface area contributed by atoms with Crippen LogP contribution < -0.4 is 14.8 Å². The number of nitrogens with one attached hydrogen (secondary N) is 2. The fraction of sp³-hybridized carbons (Fsp3) is 0.143. The number of nitrogens with zero attached hydrogens (tertiary/aromatic N) is 2. The minimum absolute atomic E-state index is 0. The van der Waals surface area contributed by atoms with E-state index in [0.717, 1.165) is 6.07 Å². The molecule has 0 bridgehead atoms. The van der Waals surface area contributed by atoms with Crippen LogP contribution in [-0.4, -0.2) is 27.2 Å². The quantitative estimate of drug-likeness (QED) is 0.335. The number of imidazole rings is 1. The molecule has 0 radical (unpaired) electrons. The number of H-pyrrole nitrogens is 1. The van der Waals surface area contributed by atoms with Gasteiger partial charge in [-0.05, 0) is 25.1 Å². The Balaban J connectivity index is 0.00000272. The molecule has 2 aromatic carbocycles. The second kappa shape index (κ2) is 9.28. The maximum Gasteiger partial charge on any atom is 0.164 e. The summed E-state index contributed by atoms with van der Waals surface area (Å²) in [6, 6.07) is 7.46. The normalized spacial score (nSPS) is 11.6. The summed E-state index contributed by atoms with van der Waals surface area (Å²) in [5.41, 5.74) is 1.26. The monoisotopic (exact) mass is 464 g/mol. The third-order valence-corrected chi connectivity index (χ3v) is 4.84. The van der Waals surface area contributed by atoms with Crippen LogP contribution in [0.3, 0.4) is 0 Å². The van der Waals surface area contributed by atoms with Crippen LogP contribution in [0.25, 0.3) is 10.9 Å². The Bertz CT molecular complexity index is 1210. The Morgan fingerprint density at radius 3 is 2.65 bits per heavy atom. The number of hydrogen-bond acceptors (Lipinski definition) is 6. The molecule has 2 aromatic heterocycles. The fourth-order valence-electron chi connectivity index (χ4n) is 3.04. The molecular weight excluding hydrogens is 446 g/mol. The SMILES string of the molecule is COc1cc2c(Nc3cc(O)c(Cl)cc3F)ccnc2cc1OC(C)c1ncc[nH]1.Cl. The van der Waals surface area contributed by atoms with E-state index in [2.05, 4.69) is 20.3 Å². The maximum absolute atomic E-state index is 14.3. The molecule has 0 saturated heterocycles. The van der Waals surface area contributed by atoms with Gasteiger partial charge in [0.15, 0.2) is 17.6 Å². The molecule has 0 aliphatic heterocycles. The third-order valence-electron chi connectivity index (χ3n) is 4.54. The molecule has 10 heteroatoms. The summed E-state index contributed by atoms with van der Waals surface area (Å²) in [4.78, 5) is 11.6. The van der Waals surface area contributed by atoms with E-state index < -0.39 is 5.82 Å². The minimum Gasteiger partial charge on any atom is -0.506 e. The number of ether oxygens (including phenoxy) is 2. The standard InChI is InChI=1S/C21H18ClFN4O3.ClH/c1-11(21-25-5-6-26-21)30-20-10-16-12(7-19(20)29-2)15(3-4-24-16)27-17-9-18(28)13(22)8-14(17)23;/h3-11,28H,1-2H3,(H,24,27)(H,25,26);1H. The van der Waals surface area contributed by atoms with Crippen molar-refractivity contribution in [3.63, 3.8) is 0 Å². The van der Waals surface area contributed by atoms with Gasteiger partial charge in [0, 0.05) is 41.8 Å². The molecule has 2 heterocycles. The van der Waals surface area contributed by atoms with Gasteiger partial charge >= 0.3 is 0 Å². The molecule has 162 valence electrons. The average Bonchev–Trinajstić information content (AvgIpc) is 3.27. The highest BCUT2D eigenvalue weighted by Gasteiger charge is 2.16. The van der Waals surface area contributed by atoms with Gasteiger partial charge in [0.05, 0.1) is 23.3 Å². The Morgan fingerprint density at radius 2 is 1.94 bits per heavy atom. The van der Waals surface area contributed by atoms with Crippen LogP contribution >= 0.6 is 24.0 Å². The lowest BCUT2D eigenvalue weighted by molar-refractivity contribution is 0.208. The molecule has 3 N–H and O–H groups in total. The number of pyridine rings is 1. The van der Waals surface area contributed by atoms with Crippen LogP contribution in [0.15, 0.2) is 48.9 Å². The highest BCUT2D eigenvalue weighted by molar-refractivity contribution is 6.32. The van der Waals surface area contributed by atoms with E-state index in [9.17, 15) is 9.50 Å². The van der Waals surface area contributed by atoms with E-state index in [4.69, 9.17) is 21.1 Å². The molecule has 0 aliphatic rings. The number of aromatic amines is 1. The van der Waals surface area contributed by atoms with Crippen LogP contribution in [0.2, 0.25) is 5.02 Å². The molecule has 0 amide bonds. The molecule has 7 nitrogen and oxygen atoms in total. The Hall–Kier alpha value is -3.23. The van der Waals surface area contributed by atoms with Crippen molar-refractivity contribution in [1.82, 2.24) is 15.0 Å². The Kier molecular flexibility index (Phi) is 6.72. The van der Waals surface area contributed by atoms with E-state index in [1.54, 1.807) is 36.8 Å². The van der Waals surface area contributed by atoms with Crippen LogP contribution in [0.5, 0.6) is 17.2 Å². The molecule has 4 rings (SSSR count). The van der Waals surface area contributed by atoms with E-state index >= 15 is 0 Å². The summed E-state index contributed by atoms with van der Waals surface area (Å²) in [5.74, 6) is 0.838. The zero-order valence-electron chi connectivity index (χ0n) is 16.5. The molecule has 0 fully saturated rings. The van der Waals surface area contributed by atoms with Gasteiger partial charge in [-0.15, -0.1) is 12.4 Å². The van der Waals surface area contributed by atoms with Gasteiger partial charge in [0.1, 0.15) is 17.4 Å². The second-order valence-electron chi connectivity index (χ2n) is 6.52. The van der Waals surface area contributed by atoms with Crippen molar-refractivity contribution in [1.29, 1.82) is 0 Å². The maximum atomic E-state index is 14.3. The summed E-state index contributed by atoms with van der Waals surface area (Å²) in [6.07, 6.45) is 4.63. The lowest BCUT2D eigenvalue weighted by Gasteiger charge is -2.17. The van der Waals surface area contributed by atoms with Gasteiger partial charge in [0.2, 0.25) is 0 Å². The lowest BCUT2D eigenvalue weighted by atomic mass is 10.1. The van der Waals surface area contributed by atoms with Crippen molar-refractivity contribution in [2.24, 2.45) is 0 Å². The Labute approximate surface area is 188 Å². The van der Waals surface area contributed by atoms with Gasteiger partial charge in [-0.2, -0.15) is 0 Å². The van der Waals surface area contributed by atoms with Crippen LogP contribution in [0.4, 0.5) is 15.8 Å². The van der Waals surface area contributed by atoms with Gasteiger partial charge in [-0.3, -0.25) is 4.98 Å². The molecule has 4 aromatic rings. The van der Waals surface area contributed by atoms with Gasteiger partial charge in [0.25, 0.3) is 0 Å². The number of halogens is 3. The number of aromatic nitrogens is 3. The van der Waals surface area contributed by atoms with E-state index in [-0.39, 0.29) is 35.0 Å². The van der Waals surface area contributed by atoms with E-state index in [1.165, 1.54) is 13.2 Å². The van der Waals surface area contributed by atoms with Crippen molar-refractivity contribution >= 4 is 46.3 Å². The first kappa shape index (κ1) is 22.5. The smallest absolute Gasteiger partial charge is 0.164 e. The fourth-order valence-corrected chi connectivity index (χ4v) is 3.19. The largest absolute Gasteiger partial charge is 0.506 e. The molecule has 1 unspecified atom stereocenters. The summed E-state index contributed by atoms with van der Waals surface area (Å²) < 4.78 is 25.8. The van der Waals surface area contributed by atoms with Crippen molar-refractivity contribution in [3.8, 4) is 17.2 Å². The Morgan fingerprint density at radius 1 is 1.13 bits per heavy atom. The number of hydrogen-bond donors (Lipinski definition) is 3. The third kappa shape index (κ3) is 4.60. The number of aromatic hydroxyl groups is 1. The average molecular weight is 465 g/mol. The van der Waals surface area contributed by atoms with E-state index in [0.29, 0.717) is 33.9 Å². The lowest BCUT2D eigenvalue weighted by Crippen LogP contribution is -2.06. The minimum atomic E-state index is -0.595. The van der Waals surface area contributed by atoms with Crippen LogP contribution in [-0.2, 0) is 0 Å². The molecule has 0 saturated carbocycles. The summed E-state index contributed by atoms with van der Waals surface area (Å²) >= 11 is 5.75. The van der Waals surface area contributed by atoms with Crippen LogP contribution in [0.1, 0.15) is 18.9 Å². The molecule has 0 spiro atoms. The number of fused-ring (bicyclic) bond motifs is 1. The predicted octanol–water partition coefficient (Wildman–Crippen LogP) is 5.77.